The van der Waals surface area contributed by atoms with E-state index in [9.17, 15) is 13.5 Å². The lowest BCUT2D eigenvalue weighted by molar-refractivity contribution is 0.0458. The standard InChI is InChI=1S/C7H12O3S.C7H8/c1-7(8,6-2-3-6)4-5-11(9)10;1-7-5-3-2-4-6-7/h5-6,8H,2-4H2,1H3;2-6H,1H3. The zero-order chi connectivity index (χ0) is 13.6. The molecule has 1 aromatic carbocycles. The molecule has 1 N–H and O–H groups in total. The molecule has 1 saturated carbocycles. The molecule has 100 valence electrons. The molecule has 0 radical (unpaired) electrons. The summed E-state index contributed by atoms with van der Waals surface area (Å²) in [4.78, 5) is 0. The fraction of sp³-hybridized carbons (Fsp3) is 0.500. The SMILES string of the molecule is CC(O)(CC=S(=O)=O)C1CC1.Cc1ccccc1. The predicted molar refractivity (Wildman–Crippen MR) is 74.1 cm³/mol. The van der Waals surface area contributed by atoms with E-state index in [2.05, 4.69) is 19.1 Å². The molecule has 0 saturated heterocycles. The number of hydrogen-bond acceptors (Lipinski definition) is 3. The van der Waals surface area contributed by atoms with Crippen LogP contribution in [0.1, 0.15) is 31.7 Å². The Morgan fingerprint density at radius 3 is 2.22 bits per heavy atom. The zero-order valence-electron chi connectivity index (χ0n) is 10.8. The smallest absolute Gasteiger partial charge is 0.210 e. The Bertz CT molecular complexity index is 477. The summed E-state index contributed by atoms with van der Waals surface area (Å²) in [7, 11) is -2.14. The lowest BCUT2D eigenvalue weighted by Gasteiger charge is -2.19. The van der Waals surface area contributed by atoms with Gasteiger partial charge in [-0.15, -0.1) is 0 Å². The Morgan fingerprint density at radius 2 is 1.89 bits per heavy atom. The summed E-state index contributed by atoms with van der Waals surface area (Å²) in [5.74, 6) is 0.308. The average molecular weight is 268 g/mol. The first-order valence-corrected chi connectivity index (χ1v) is 7.21. The van der Waals surface area contributed by atoms with Gasteiger partial charge in [-0.25, -0.2) is 0 Å². The van der Waals surface area contributed by atoms with Crippen LogP contribution in [0.15, 0.2) is 30.3 Å². The average Bonchev–Trinajstić information content (AvgIpc) is 3.12. The van der Waals surface area contributed by atoms with Crippen LogP contribution in [0.3, 0.4) is 0 Å². The number of benzene rings is 1. The van der Waals surface area contributed by atoms with E-state index in [-0.39, 0.29) is 6.42 Å². The normalized spacial score (nSPS) is 17.1. The molecule has 1 atom stereocenters. The van der Waals surface area contributed by atoms with E-state index < -0.39 is 15.9 Å². The highest BCUT2D eigenvalue weighted by Gasteiger charge is 2.38. The Balaban J connectivity index is 0.000000199. The van der Waals surface area contributed by atoms with Gasteiger partial charge in [0.15, 0.2) is 0 Å². The van der Waals surface area contributed by atoms with Crippen molar-refractivity contribution in [2.24, 2.45) is 5.92 Å². The van der Waals surface area contributed by atoms with E-state index in [1.807, 2.05) is 18.2 Å². The minimum atomic E-state index is -2.14. The van der Waals surface area contributed by atoms with Gasteiger partial charge in [0, 0.05) is 11.8 Å². The van der Waals surface area contributed by atoms with Crippen molar-refractivity contribution in [2.75, 3.05) is 0 Å². The fourth-order valence-corrected chi connectivity index (χ4v) is 2.12. The predicted octanol–water partition coefficient (Wildman–Crippen LogP) is 2.21. The second-order valence-electron chi connectivity index (χ2n) is 4.92. The molecule has 1 unspecified atom stereocenters. The minimum Gasteiger partial charge on any atom is -0.390 e. The van der Waals surface area contributed by atoms with Gasteiger partial charge >= 0.3 is 0 Å². The highest BCUT2D eigenvalue weighted by molar-refractivity contribution is 7.71. The van der Waals surface area contributed by atoms with Crippen molar-refractivity contribution in [3.8, 4) is 0 Å². The quantitative estimate of drug-likeness (QED) is 0.855. The van der Waals surface area contributed by atoms with Gasteiger partial charge in [0.2, 0.25) is 10.3 Å². The monoisotopic (exact) mass is 268 g/mol. The Hall–Kier alpha value is -1.13. The highest BCUT2D eigenvalue weighted by Crippen LogP contribution is 2.40. The molecule has 18 heavy (non-hydrogen) atoms. The van der Waals surface area contributed by atoms with Crippen LogP contribution in [0.25, 0.3) is 0 Å². The van der Waals surface area contributed by atoms with Gasteiger partial charge in [-0.2, -0.15) is 8.42 Å². The maximum atomic E-state index is 10.1. The Labute approximate surface area is 110 Å². The summed E-state index contributed by atoms with van der Waals surface area (Å²) in [6.45, 7) is 3.77. The van der Waals surface area contributed by atoms with E-state index in [1.165, 1.54) is 5.56 Å². The molecule has 0 aromatic heterocycles. The van der Waals surface area contributed by atoms with Crippen molar-refractivity contribution >= 4 is 15.7 Å². The maximum absolute atomic E-state index is 10.1. The van der Waals surface area contributed by atoms with Crippen LogP contribution in [-0.2, 0) is 10.3 Å². The van der Waals surface area contributed by atoms with Crippen molar-refractivity contribution in [1.82, 2.24) is 0 Å². The van der Waals surface area contributed by atoms with E-state index in [1.54, 1.807) is 6.92 Å². The molecule has 1 fully saturated rings. The molecule has 4 heteroatoms. The third-order valence-corrected chi connectivity index (χ3v) is 3.47. The van der Waals surface area contributed by atoms with Gasteiger partial charge in [-0.1, -0.05) is 35.9 Å². The first-order valence-electron chi connectivity index (χ1n) is 6.07. The molecular weight excluding hydrogens is 248 g/mol. The molecule has 0 spiro atoms. The van der Waals surface area contributed by atoms with Crippen LogP contribution >= 0.6 is 0 Å². The van der Waals surface area contributed by atoms with Gasteiger partial charge in [-0.3, -0.25) is 0 Å². The van der Waals surface area contributed by atoms with Crippen LogP contribution in [-0.4, -0.2) is 24.5 Å². The Morgan fingerprint density at radius 1 is 1.33 bits per heavy atom. The molecule has 1 aliphatic rings. The summed E-state index contributed by atoms with van der Waals surface area (Å²) < 4.78 is 20.2. The molecular formula is C14H20O3S. The summed E-state index contributed by atoms with van der Waals surface area (Å²) in [6, 6.07) is 10.3. The van der Waals surface area contributed by atoms with Crippen LogP contribution in [0, 0.1) is 12.8 Å². The van der Waals surface area contributed by atoms with Crippen LogP contribution in [0.2, 0.25) is 0 Å². The summed E-state index contributed by atoms with van der Waals surface area (Å²) in [5.41, 5.74) is 0.516. The first kappa shape index (κ1) is 14.9. The molecule has 3 nitrogen and oxygen atoms in total. The molecule has 2 rings (SSSR count). The third kappa shape index (κ3) is 5.98. The largest absolute Gasteiger partial charge is 0.390 e. The summed E-state index contributed by atoms with van der Waals surface area (Å²) >= 11 is 0. The topological polar surface area (TPSA) is 54.4 Å². The van der Waals surface area contributed by atoms with Crippen LogP contribution in [0.5, 0.6) is 0 Å². The number of hydrogen-bond donors (Lipinski definition) is 1. The number of rotatable bonds is 3. The number of aryl methyl sites for hydroxylation is 1. The molecule has 0 heterocycles. The highest BCUT2D eigenvalue weighted by atomic mass is 32.2. The van der Waals surface area contributed by atoms with Crippen LogP contribution < -0.4 is 0 Å². The third-order valence-electron chi connectivity index (χ3n) is 3.03. The van der Waals surface area contributed by atoms with Gasteiger partial charge in [0.1, 0.15) is 0 Å². The second kappa shape index (κ2) is 6.71. The second-order valence-corrected chi connectivity index (χ2v) is 5.77. The van der Waals surface area contributed by atoms with Gasteiger partial charge < -0.3 is 5.11 Å². The van der Waals surface area contributed by atoms with Gasteiger partial charge in [0.25, 0.3) is 0 Å². The zero-order valence-corrected chi connectivity index (χ0v) is 11.7. The number of aliphatic hydroxyl groups is 1. The molecule has 1 aliphatic carbocycles. The van der Waals surface area contributed by atoms with Crippen molar-refractivity contribution < 1.29 is 13.5 Å². The maximum Gasteiger partial charge on any atom is 0.210 e. The first-order chi connectivity index (χ1) is 8.42. The summed E-state index contributed by atoms with van der Waals surface area (Å²) in [6.07, 6.45) is 2.28. The van der Waals surface area contributed by atoms with Crippen molar-refractivity contribution in [1.29, 1.82) is 0 Å². The van der Waals surface area contributed by atoms with Crippen molar-refractivity contribution in [3.05, 3.63) is 35.9 Å². The van der Waals surface area contributed by atoms with Crippen molar-refractivity contribution in [3.63, 3.8) is 0 Å². The summed E-state index contributed by atoms with van der Waals surface area (Å²) in [5, 5.41) is 10.7. The lowest BCUT2D eigenvalue weighted by atomic mass is 9.98. The van der Waals surface area contributed by atoms with Crippen LogP contribution in [0.4, 0.5) is 0 Å². The van der Waals surface area contributed by atoms with Gasteiger partial charge in [0.05, 0.1) is 5.60 Å². The molecule has 0 aliphatic heterocycles. The molecule has 1 aromatic rings. The Kier molecular flexibility index (Phi) is 5.56. The van der Waals surface area contributed by atoms with E-state index in [4.69, 9.17) is 0 Å². The van der Waals surface area contributed by atoms with E-state index >= 15 is 0 Å². The minimum absolute atomic E-state index is 0.244. The molecule has 0 amide bonds. The van der Waals surface area contributed by atoms with E-state index in [0.29, 0.717) is 5.92 Å². The lowest BCUT2D eigenvalue weighted by Crippen LogP contribution is -2.27. The fourth-order valence-electron chi connectivity index (χ4n) is 1.64. The molecule has 0 bridgehead atoms. The van der Waals surface area contributed by atoms with E-state index in [0.717, 1.165) is 18.2 Å². The van der Waals surface area contributed by atoms with Gasteiger partial charge in [-0.05, 0) is 32.6 Å². The van der Waals surface area contributed by atoms with Crippen molar-refractivity contribution in [2.45, 2.75) is 38.7 Å².